The highest BCUT2D eigenvalue weighted by Gasteiger charge is 2.38. The highest BCUT2D eigenvalue weighted by molar-refractivity contribution is 6.31. The van der Waals surface area contributed by atoms with Crippen LogP contribution < -0.4 is 10.5 Å². The van der Waals surface area contributed by atoms with Crippen molar-refractivity contribution < 1.29 is 23.1 Å². The lowest BCUT2D eigenvalue weighted by atomic mass is 10.2. The molecule has 1 unspecified atom stereocenters. The maximum atomic E-state index is 12.3. The van der Waals surface area contributed by atoms with Gasteiger partial charge in [0, 0.05) is 42.2 Å². The summed E-state index contributed by atoms with van der Waals surface area (Å²) in [5.74, 6) is -2.08. The first-order chi connectivity index (χ1) is 15.5. The summed E-state index contributed by atoms with van der Waals surface area (Å²) in [5.41, 5.74) is 1.72. The van der Waals surface area contributed by atoms with Crippen LogP contribution in [0, 0.1) is 0 Å². The second-order valence-corrected chi connectivity index (χ2v) is 7.92. The van der Waals surface area contributed by atoms with Gasteiger partial charge in [0.15, 0.2) is 0 Å². The fourth-order valence-corrected chi connectivity index (χ4v) is 3.66. The summed E-state index contributed by atoms with van der Waals surface area (Å²) >= 11 is 5.97. The number of carboxylic acids is 1. The molecule has 12 heteroatoms. The maximum Gasteiger partial charge on any atom is 0.490 e. The molecule has 0 aliphatic carbocycles. The van der Waals surface area contributed by atoms with E-state index in [9.17, 15) is 18.0 Å². The van der Waals surface area contributed by atoms with Gasteiger partial charge in [-0.1, -0.05) is 11.6 Å². The van der Waals surface area contributed by atoms with Gasteiger partial charge < -0.3 is 15.0 Å². The zero-order valence-electron chi connectivity index (χ0n) is 17.5. The molecule has 1 fully saturated rings. The Bertz CT molecular complexity index is 1170. The Balaban J connectivity index is 0.000000383. The molecule has 8 nitrogen and oxygen atoms in total. The Morgan fingerprint density at radius 2 is 1.97 bits per heavy atom. The molecule has 3 aromatic rings. The quantitative estimate of drug-likeness (QED) is 0.587. The Labute approximate surface area is 191 Å². The van der Waals surface area contributed by atoms with Crippen LogP contribution in [0.25, 0.3) is 10.9 Å². The number of aromatic amines is 1. The van der Waals surface area contributed by atoms with Gasteiger partial charge >= 0.3 is 12.1 Å². The highest BCUT2D eigenvalue weighted by atomic mass is 35.5. The van der Waals surface area contributed by atoms with Crippen molar-refractivity contribution in [2.45, 2.75) is 25.2 Å². The molecule has 3 heterocycles. The van der Waals surface area contributed by atoms with Crippen LogP contribution in [0.1, 0.15) is 12.2 Å². The largest absolute Gasteiger partial charge is 0.490 e. The van der Waals surface area contributed by atoms with Crippen LogP contribution >= 0.6 is 11.6 Å². The van der Waals surface area contributed by atoms with Gasteiger partial charge in [0.05, 0.1) is 17.4 Å². The summed E-state index contributed by atoms with van der Waals surface area (Å²) < 4.78 is 31.7. The lowest BCUT2D eigenvalue weighted by molar-refractivity contribution is -0.192. The minimum atomic E-state index is -5.08. The molecule has 176 valence electrons. The van der Waals surface area contributed by atoms with E-state index in [-0.39, 0.29) is 5.56 Å². The fraction of sp³-hybridized carbons (Fsp3) is 0.333. The van der Waals surface area contributed by atoms with E-state index in [1.165, 1.54) is 5.69 Å². The molecule has 0 radical (unpaired) electrons. The number of nitrogens with one attached hydrogen (secondary N) is 1. The third-order valence-corrected chi connectivity index (χ3v) is 5.41. The molecule has 4 rings (SSSR count). The van der Waals surface area contributed by atoms with Crippen LogP contribution in [0.4, 0.5) is 18.9 Å². The van der Waals surface area contributed by atoms with Crippen molar-refractivity contribution >= 4 is 34.2 Å². The molecule has 1 aliphatic rings. The van der Waals surface area contributed by atoms with Crippen LogP contribution in [0.2, 0.25) is 5.02 Å². The topological polar surface area (TPSA) is 102 Å². The van der Waals surface area contributed by atoms with E-state index in [1.807, 2.05) is 24.5 Å². The minimum absolute atomic E-state index is 0.147. The van der Waals surface area contributed by atoms with Crippen molar-refractivity contribution in [3.05, 3.63) is 63.9 Å². The Morgan fingerprint density at radius 3 is 2.61 bits per heavy atom. The molecule has 1 aromatic carbocycles. The lowest BCUT2D eigenvalue weighted by Gasteiger charge is -2.25. The van der Waals surface area contributed by atoms with E-state index >= 15 is 0 Å². The van der Waals surface area contributed by atoms with Gasteiger partial charge in [-0.25, -0.2) is 9.78 Å². The van der Waals surface area contributed by atoms with E-state index in [1.54, 1.807) is 18.2 Å². The van der Waals surface area contributed by atoms with Crippen LogP contribution in [-0.4, -0.2) is 63.3 Å². The summed E-state index contributed by atoms with van der Waals surface area (Å²) in [6.45, 7) is 2.57. The summed E-state index contributed by atoms with van der Waals surface area (Å²) in [6.07, 6.45) is -0.364. The second kappa shape index (κ2) is 10.2. The molecule has 0 spiro atoms. The molecule has 33 heavy (non-hydrogen) atoms. The van der Waals surface area contributed by atoms with Crippen molar-refractivity contribution in [2.75, 3.05) is 25.0 Å². The number of fused-ring (bicyclic) bond motifs is 1. The number of likely N-dealkylation sites (N-methyl/N-ethyl adjacent to an activating group) is 1. The molecule has 0 saturated carbocycles. The van der Waals surface area contributed by atoms with E-state index in [0.29, 0.717) is 34.3 Å². The van der Waals surface area contributed by atoms with E-state index < -0.39 is 12.1 Å². The monoisotopic (exact) mass is 483 g/mol. The number of halogens is 4. The average Bonchev–Trinajstić information content (AvgIpc) is 3.25. The predicted molar refractivity (Wildman–Crippen MR) is 117 cm³/mol. The number of carboxylic acid groups (broad SMARTS) is 1. The molecule has 1 atom stereocenters. The zero-order valence-corrected chi connectivity index (χ0v) is 18.3. The third-order valence-electron chi connectivity index (χ3n) is 5.17. The summed E-state index contributed by atoms with van der Waals surface area (Å²) in [6, 6.07) is 9.69. The van der Waals surface area contributed by atoms with Crippen LogP contribution in [0.5, 0.6) is 0 Å². The molecule has 1 aliphatic heterocycles. The van der Waals surface area contributed by atoms with Gasteiger partial charge in [-0.2, -0.15) is 13.2 Å². The SMILES string of the molecule is CN(Cc1nc2ccc(Cl)cc2c(=O)[nH]1)C1CCN(c2ccncc2)C1.O=C(O)C(F)(F)F. The van der Waals surface area contributed by atoms with Gasteiger partial charge in [0.1, 0.15) is 5.82 Å². The van der Waals surface area contributed by atoms with Crippen LogP contribution in [0.15, 0.2) is 47.5 Å². The molecule has 2 N–H and O–H groups in total. The zero-order chi connectivity index (χ0) is 24.2. The number of hydrogen-bond acceptors (Lipinski definition) is 6. The maximum absolute atomic E-state index is 12.3. The van der Waals surface area contributed by atoms with Crippen LogP contribution in [-0.2, 0) is 11.3 Å². The van der Waals surface area contributed by atoms with Crippen molar-refractivity contribution in [3.63, 3.8) is 0 Å². The number of benzene rings is 1. The first-order valence-corrected chi connectivity index (χ1v) is 10.3. The van der Waals surface area contributed by atoms with Crippen molar-refractivity contribution in [1.82, 2.24) is 19.9 Å². The Kier molecular flexibility index (Phi) is 7.54. The van der Waals surface area contributed by atoms with Crippen molar-refractivity contribution in [3.8, 4) is 0 Å². The lowest BCUT2D eigenvalue weighted by Crippen LogP contribution is -2.35. The number of H-pyrrole nitrogens is 1. The van der Waals surface area contributed by atoms with Gasteiger partial charge in [-0.15, -0.1) is 0 Å². The number of carbonyl (C=O) groups is 1. The Hall–Kier alpha value is -3.18. The van der Waals surface area contributed by atoms with Gasteiger partial charge in [0.25, 0.3) is 5.56 Å². The molecule has 0 bridgehead atoms. The number of nitrogens with zero attached hydrogens (tertiary/aromatic N) is 4. The van der Waals surface area contributed by atoms with Crippen LogP contribution in [0.3, 0.4) is 0 Å². The van der Waals surface area contributed by atoms with E-state index in [4.69, 9.17) is 21.5 Å². The summed E-state index contributed by atoms with van der Waals surface area (Å²) in [7, 11) is 2.08. The van der Waals surface area contributed by atoms with Gasteiger partial charge in [-0.05, 0) is 43.8 Å². The molecular formula is C21H21ClF3N5O3. The Morgan fingerprint density at radius 1 is 1.30 bits per heavy atom. The first-order valence-electron chi connectivity index (χ1n) is 9.88. The normalized spacial score (nSPS) is 16.1. The molecule has 0 amide bonds. The predicted octanol–water partition coefficient (Wildman–Crippen LogP) is 3.32. The second-order valence-electron chi connectivity index (χ2n) is 7.49. The van der Waals surface area contributed by atoms with Gasteiger partial charge in [-0.3, -0.25) is 14.7 Å². The third kappa shape index (κ3) is 6.42. The number of aliphatic carboxylic acids is 1. The number of rotatable bonds is 4. The molecule has 1 saturated heterocycles. The van der Waals surface area contributed by atoms with E-state index in [2.05, 4.69) is 31.8 Å². The number of pyridine rings is 1. The number of aromatic nitrogens is 3. The first kappa shape index (κ1) is 24.5. The fourth-order valence-electron chi connectivity index (χ4n) is 3.49. The minimum Gasteiger partial charge on any atom is -0.475 e. The molecule has 2 aromatic heterocycles. The average molecular weight is 484 g/mol. The molecular weight excluding hydrogens is 463 g/mol. The summed E-state index contributed by atoms with van der Waals surface area (Å²) in [4.78, 5) is 37.4. The van der Waals surface area contributed by atoms with Crippen molar-refractivity contribution in [1.29, 1.82) is 0 Å². The summed E-state index contributed by atoms with van der Waals surface area (Å²) in [5, 5.41) is 8.19. The smallest absolute Gasteiger partial charge is 0.475 e. The van der Waals surface area contributed by atoms with Gasteiger partial charge in [0.2, 0.25) is 0 Å². The standard InChI is InChI=1S/C19H20ClN5O.C2HF3O2/c1-24(15-6-9-25(11-15)14-4-7-21-8-5-14)12-18-22-17-3-2-13(20)10-16(17)19(26)23-18;3-2(4,5)1(6)7/h2-5,7-8,10,15H,6,9,11-12H2,1H3,(H,22,23,26);(H,6,7). The number of alkyl halides is 3. The van der Waals surface area contributed by atoms with Crippen molar-refractivity contribution in [2.24, 2.45) is 0 Å². The number of hydrogen-bond donors (Lipinski definition) is 2. The highest BCUT2D eigenvalue weighted by Crippen LogP contribution is 2.22. The van der Waals surface area contributed by atoms with E-state index in [0.717, 1.165) is 19.5 Å². The number of anilines is 1.